The van der Waals surface area contributed by atoms with Crippen molar-refractivity contribution in [3.8, 4) is 0 Å². The molecule has 20 heavy (non-hydrogen) atoms. The van der Waals surface area contributed by atoms with Gasteiger partial charge in [-0.2, -0.15) is 0 Å². The highest BCUT2D eigenvalue weighted by Crippen LogP contribution is 2.24. The molecule has 0 N–H and O–H groups in total. The third-order valence-corrected chi connectivity index (χ3v) is 3.89. The fraction of sp³-hybridized carbons (Fsp3) is 0.562. The predicted molar refractivity (Wildman–Crippen MR) is 81.0 cm³/mol. The number of amides is 1. The van der Waals surface area contributed by atoms with Crippen LogP contribution in [0.3, 0.4) is 0 Å². The summed E-state index contributed by atoms with van der Waals surface area (Å²) in [4.78, 5) is 14.1. The van der Waals surface area contributed by atoms with E-state index in [1.54, 1.807) is 4.90 Å². The Kier molecular flexibility index (Phi) is 5.44. The van der Waals surface area contributed by atoms with Gasteiger partial charge in [0.15, 0.2) is 0 Å². The van der Waals surface area contributed by atoms with Gasteiger partial charge in [0.05, 0.1) is 13.2 Å². The topological polar surface area (TPSA) is 29.5 Å². The van der Waals surface area contributed by atoms with Crippen LogP contribution < -0.4 is 0 Å². The number of nitrogens with zero attached hydrogens (tertiary/aromatic N) is 1. The van der Waals surface area contributed by atoms with E-state index < -0.39 is 5.38 Å². The van der Waals surface area contributed by atoms with Crippen molar-refractivity contribution in [2.24, 2.45) is 5.92 Å². The average molecular weight is 296 g/mol. The number of hydrogen-bond acceptors (Lipinski definition) is 2. The molecule has 0 radical (unpaired) electrons. The molecule has 0 bridgehead atoms. The Morgan fingerprint density at radius 1 is 1.25 bits per heavy atom. The van der Waals surface area contributed by atoms with Crippen molar-refractivity contribution in [2.75, 3.05) is 26.3 Å². The number of rotatable bonds is 4. The standard InChI is InChI=1S/C16H22ClNO2/c1-12(2)11-13-3-5-14(6-4-13)15(17)16(19)18-7-9-20-10-8-18/h3-6,12,15H,7-11H2,1-2H3. The zero-order valence-electron chi connectivity index (χ0n) is 12.1. The Morgan fingerprint density at radius 3 is 2.40 bits per heavy atom. The minimum absolute atomic E-state index is 0.0217. The third-order valence-electron chi connectivity index (χ3n) is 3.46. The number of halogens is 1. The Hall–Kier alpha value is -1.06. The maximum Gasteiger partial charge on any atom is 0.245 e. The summed E-state index contributed by atoms with van der Waals surface area (Å²) >= 11 is 6.32. The zero-order chi connectivity index (χ0) is 14.5. The molecule has 2 rings (SSSR count). The van der Waals surface area contributed by atoms with Gasteiger partial charge in [0.25, 0.3) is 0 Å². The first kappa shape index (κ1) is 15.3. The van der Waals surface area contributed by atoms with Gasteiger partial charge in [-0.25, -0.2) is 0 Å². The van der Waals surface area contributed by atoms with Crippen molar-refractivity contribution < 1.29 is 9.53 Å². The van der Waals surface area contributed by atoms with Crippen molar-refractivity contribution in [2.45, 2.75) is 25.6 Å². The zero-order valence-corrected chi connectivity index (χ0v) is 12.9. The first-order chi connectivity index (χ1) is 9.58. The van der Waals surface area contributed by atoms with E-state index in [-0.39, 0.29) is 5.91 Å². The summed E-state index contributed by atoms with van der Waals surface area (Å²) in [5, 5.41) is -0.596. The molecule has 4 heteroatoms. The van der Waals surface area contributed by atoms with E-state index in [1.165, 1.54) is 5.56 Å². The molecule has 110 valence electrons. The van der Waals surface area contributed by atoms with E-state index in [0.717, 1.165) is 12.0 Å². The predicted octanol–water partition coefficient (Wildman–Crippen LogP) is 3.02. The van der Waals surface area contributed by atoms with Crippen molar-refractivity contribution in [1.29, 1.82) is 0 Å². The molecule has 1 aliphatic heterocycles. The quantitative estimate of drug-likeness (QED) is 0.799. The number of hydrogen-bond donors (Lipinski definition) is 0. The highest BCUT2D eigenvalue weighted by Gasteiger charge is 2.25. The molecule has 1 fully saturated rings. The minimum atomic E-state index is -0.596. The van der Waals surface area contributed by atoms with Crippen LogP contribution in [0.4, 0.5) is 0 Å². The fourth-order valence-corrected chi connectivity index (χ4v) is 2.66. The highest BCUT2D eigenvalue weighted by atomic mass is 35.5. The monoisotopic (exact) mass is 295 g/mol. The van der Waals surface area contributed by atoms with Gasteiger partial charge in [0.2, 0.25) is 5.91 Å². The largest absolute Gasteiger partial charge is 0.378 e. The Morgan fingerprint density at radius 2 is 1.85 bits per heavy atom. The molecule has 1 atom stereocenters. The van der Waals surface area contributed by atoms with Crippen LogP contribution in [0.25, 0.3) is 0 Å². The second-order valence-corrected chi connectivity index (χ2v) is 6.08. The van der Waals surface area contributed by atoms with Crippen LogP contribution in [0.5, 0.6) is 0 Å². The number of ether oxygens (including phenoxy) is 1. The van der Waals surface area contributed by atoms with Gasteiger partial charge in [0.1, 0.15) is 5.38 Å². The molecule has 0 saturated carbocycles. The first-order valence-corrected chi connectivity index (χ1v) is 7.61. The van der Waals surface area contributed by atoms with E-state index in [4.69, 9.17) is 16.3 Å². The van der Waals surface area contributed by atoms with Crippen molar-refractivity contribution in [3.63, 3.8) is 0 Å². The molecule has 1 saturated heterocycles. The summed E-state index contributed by atoms with van der Waals surface area (Å²) < 4.78 is 5.25. The molecule has 1 amide bonds. The Labute approximate surface area is 125 Å². The van der Waals surface area contributed by atoms with Gasteiger partial charge in [-0.3, -0.25) is 4.79 Å². The van der Waals surface area contributed by atoms with E-state index in [9.17, 15) is 4.79 Å². The molecule has 1 aromatic rings. The lowest BCUT2D eigenvalue weighted by atomic mass is 10.0. The van der Waals surface area contributed by atoms with Crippen LogP contribution in [0.1, 0.15) is 30.4 Å². The molecule has 3 nitrogen and oxygen atoms in total. The Balaban J connectivity index is 2.00. The molecule has 1 aromatic carbocycles. The maximum atomic E-state index is 12.3. The van der Waals surface area contributed by atoms with Gasteiger partial charge in [-0.15, -0.1) is 11.6 Å². The lowest BCUT2D eigenvalue weighted by Gasteiger charge is -2.28. The van der Waals surface area contributed by atoms with E-state index in [2.05, 4.69) is 26.0 Å². The van der Waals surface area contributed by atoms with Crippen molar-refractivity contribution in [1.82, 2.24) is 4.90 Å². The first-order valence-electron chi connectivity index (χ1n) is 7.17. The van der Waals surface area contributed by atoms with Gasteiger partial charge < -0.3 is 9.64 Å². The Bertz CT molecular complexity index is 438. The number of carbonyl (C=O) groups excluding carboxylic acids is 1. The summed E-state index contributed by atoms with van der Waals surface area (Å²) in [6.45, 7) is 6.85. The van der Waals surface area contributed by atoms with Crippen LogP contribution in [-0.2, 0) is 16.0 Å². The molecule has 0 spiro atoms. The number of carbonyl (C=O) groups is 1. The van der Waals surface area contributed by atoms with Gasteiger partial charge in [-0.05, 0) is 23.5 Å². The second-order valence-electron chi connectivity index (χ2n) is 5.64. The number of alkyl halides is 1. The molecule has 0 aliphatic carbocycles. The summed E-state index contributed by atoms with van der Waals surface area (Å²) in [6, 6.07) is 8.07. The lowest BCUT2D eigenvalue weighted by molar-refractivity contribution is -0.134. The van der Waals surface area contributed by atoms with E-state index in [0.29, 0.717) is 32.2 Å². The molecule has 1 unspecified atom stereocenters. The lowest BCUT2D eigenvalue weighted by Crippen LogP contribution is -2.42. The van der Waals surface area contributed by atoms with Crippen molar-refractivity contribution >= 4 is 17.5 Å². The maximum absolute atomic E-state index is 12.3. The number of morpholine rings is 1. The van der Waals surface area contributed by atoms with Gasteiger partial charge in [-0.1, -0.05) is 38.1 Å². The number of benzene rings is 1. The molecular weight excluding hydrogens is 274 g/mol. The van der Waals surface area contributed by atoms with Gasteiger partial charge in [0, 0.05) is 13.1 Å². The van der Waals surface area contributed by atoms with Crippen LogP contribution in [0, 0.1) is 5.92 Å². The third kappa shape index (κ3) is 3.97. The minimum Gasteiger partial charge on any atom is -0.378 e. The molecule has 0 aromatic heterocycles. The molecule has 1 heterocycles. The SMILES string of the molecule is CC(C)Cc1ccc(C(Cl)C(=O)N2CCOCC2)cc1. The summed E-state index contributed by atoms with van der Waals surface area (Å²) in [5.41, 5.74) is 2.15. The molecular formula is C16H22ClNO2. The summed E-state index contributed by atoms with van der Waals surface area (Å²) in [7, 11) is 0. The molecule has 1 aliphatic rings. The normalized spacial score (nSPS) is 17.3. The summed E-state index contributed by atoms with van der Waals surface area (Å²) in [5.74, 6) is 0.606. The van der Waals surface area contributed by atoms with Crippen LogP contribution >= 0.6 is 11.6 Å². The highest BCUT2D eigenvalue weighted by molar-refractivity contribution is 6.30. The smallest absolute Gasteiger partial charge is 0.245 e. The van der Waals surface area contributed by atoms with E-state index in [1.807, 2.05) is 12.1 Å². The van der Waals surface area contributed by atoms with Crippen LogP contribution in [0.2, 0.25) is 0 Å². The van der Waals surface area contributed by atoms with Gasteiger partial charge >= 0.3 is 0 Å². The fourth-order valence-electron chi connectivity index (χ4n) is 2.38. The van der Waals surface area contributed by atoms with Crippen LogP contribution in [0.15, 0.2) is 24.3 Å². The van der Waals surface area contributed by atoms with Crippen LogP contribution in [-0.4, -0.2) is 37.1 Å². The average Bonchev–Trinajstić information content (AvgIpc) is 2.47. The van der Waals surface area contributed by atoms with Crippen molar-refractivity contribution in [3.05, 3.63) is 35.4 Å². The second kappa shape index (κ2) is 7.09. The summed E-state index contributed by atoms with van der Waals surface area (Å²) in [6.07, 6.45) is 1.05. The van der Waals surface area contributed by atoms with E-state index >= 15 is 0 Å².